The van der Waals surface area contributed by atoms with Gasteiger partial charge in [-0.3, -0.25) is 9.80 Å². The Morgan fingerprint density at radius 2 is 1.93 bits per heavy atom. The molecule has 0 saturated carbocycles. The standard InChI is InChI=1S/C11H21N3/c1-3-11(2)14-9-7-13(8-10-14)6-4-5-12/h11H,3-4,6-10H2,1-2H3. The third-order valence-electron chi connectivity index (χ3n) is 3.16. The zero-order valence-corrected chi connectivity index (χ0v) is 9.37. The second-order valence-electron chi connectivity index (χ2n) is 4.04. The Kier molecular flexibility index (Phi) is 4.92. The van der Waals surface area contributed by atoms with E-state index in [-0.39, 0.29) is 0 Å². The fourth-order valence-electron chi connectivity index (χ4n) is 1.89. The van der Waals surface area contributed by atoms with Crippen molar-refractivity contribution in [1.29, 1.82) is 5.26 Å². The molecule has 1 aliphatic rings. The summed E-state index contributed by atoms with van der Waals surface area (Å²) >= 11 is 0. The molecule has 0 N–H and O–H groups in total. The second-order valence-corrected chi connectivity index (χ2v) is 4.04. The van der Waals surface area contributed by atoms with E-state index in [0.717, 1.165) is 19.6 Å². The first-order chi connectivity index (χ1) is 6.77. The van der Waals surface area contributed by atoms with E-state index in [2.05, 4.69) is 29.7 Å². The molecule has 3 nitrogen and oxygen atoms in total. The van der Waals surface area contributed by atoms with Gasteiger partial charge in [0.15, 0.2) is 0 Å². The van der Waals surface area contributed by atoms with Gasteiger partial charge in [-0.25, -0.2) is 0 Å². The van der Waals surface area contributed by atoms with Crippen molar-refractivity contribution in [1.82, 2.24) is 9.80 Å². The van der Waals surface area contributed by atoms with Gasteiger partial charge in [0.25, 0.3) is 0 Å². The van der Waals surface area contributed by atoms with Crippen molar-refractivity contribution in [3.63, 3.8) is 0 Å². The Bertz CT molecular complexity index is 189. The summed E-state index contributed by atoms with van der Waals surface area (Å²) in [6.07, 6.45) is 1.90. The van der Waals surface area contributed by atoms with E-state index in [1.54, 1.807) is 0 Å². The summed E-state index contributed by atoms with van der Waals surface area (Å²) in [6, 6.07) is 2.92. The normalized spacial score (nSPS) is 21.8. The van der Waals surface area contributed by atoms with Gasteiger partial charge in [-0.1, -0.05) is 6.92 Å². The van der Waals surface area contributed by atoms with E-state index < -0.39 is 0 Å². The van der Waals surface area contributed by atoms with E-state index >= 15 is 0 Å². The first kappa shape index (κ1) is 11.5. The van der Waals surface area contributed by atoms with Crippen LogP contribution in [0.4, 0.5) is 0 Å². The van der Waals surface area contributed by atoms with Crippen molar-refractivity contribution in [3.05, 3.63) is 0 Å². The van der Waals surface area contributed by atoms with Crippen LogP contribution in [0.25, 0.3) is 0 Å². The van der Waals surface area contributed by atoms with Crippen LogP contribution in [0, 0.1) is 11.3 Å². The van der Waals surface area contributed by atoms with Gasteiger partial charge < -0.3 is 0 Å². The molecular weight excluding hydrogens is 174 g/mol. The summed E-state index contributed by atoms with van der Waals surface area (Å²) < 4.78 is 0. The molecule has 0 amide bonds. The number of hydrogen-bond donors (Lipinski definition) is 0. The van der Waals surface area contributed by atoms with Crippen LogP contribution >= 0.6 is 0 Å². The summed E-state index contributed by atoms with van der Waals surface area (Å²) in [4.78, 5) is 4.94. The lowest BCUT2D eigenvalue weighted by molar-refractivity contribution is 0.102. The Morgan fingerprint density at radius 3 is 2.43 bits per heavy atom. The van der Waals surface area contributed by atoms with Crippen molar-refractivity contribution in [2.45, 2.75) is 32.7 Å². The fourth-order valence-corrected chi connectivity index (χ4v) is 1.89. The lowest BCUT2D eigenvalue weighted by Gasteiger charge is -2.37. The summed E-state index contributed by atoms with van der Waals surface area (Å²) in [5, 5.41) is 8.49. The summed E-state index contributed by atoms with van der Waals surface area (Å²) in [6.45, 7) is 10.1. The maximum Gasteiger partial charge on any atom is 0.0635 e. The van der Waals surface area contributed by atoms with Gasteiger partial charge in [-0.15, -0.1) is 0 Å². The van der Waals surface area contributed by atoms with Gasteiger partial charge in [0, 0.05) is 45.2 Å². The number of hydrogen-bond acceptors (Lipinski definition) is 3. The summed E-state index contributed by atoms with van der Waals surface area (Å²) in [5.41, 5.74) is 0. The molecule has 1 fully saturated rings. The van der Waals surface area contributed by atoms with Gasteiger partial charge in [-0.2, -0.15) is 5.26 Å². The zero-order valence-electron chi connectivity index (χ0n) is 9.37. The van der Waals surface area contributed by atoms with Crippen molar-refractivity contribution < 1.29 is 0 Å². The average Bonchev–Trinajstić information content (AvgIpc) is 2.26. The maximum absolute atomic E-state index is 8.49. The van der Waals surface area contributed by atoms with Crippen molar-refractivity contribution >= 4 is 0 Å². The van der Waals surface area contributed by atoms with E-state index in [1.165, 1.54) is 19.5 Å². The molecule has 0 aliphatic carbocycles. The maximum atomic E-state index is 8.49. The second kappa shape index (κ2) is 6.00. The molecule has 80 valence electrons. The highest BCUT2D eigenvalue weighted by Gasteiger charge is 2.19. The predicted molar refractivity (Wildman–Crippen MR) is 58.0 cm³/mol. The molecule has 1 unspecified atom stereocenters. The van der Waals surface area contributed by atoms with E-state index in [1.807, 2.05) is 0 Å². The van der Waals surface area contributed by atoms with E-state index in [0.29, 0.717) is 12.5 Å². The number of nitrogens with zero attached hydrogens (tertiary/aromatic N) is 3. The Labute approximate surface area is 87.3 Å². The lowest BCUT2D eigenvalue weighted by Crippen LogP contribution is -2.49. The summed E-state index contributed by atoms with van der Waals surface area (Å²) in [5.74, 6) is 0. The smallest absolute Gasteiger partial charge is 0.0635 e. The third kappa shape index (κ3) is 3.28. The average molecular weight is 195 g/mol. The van der Waals surface area contributed by atoms with Crippen LogP contribution in [0.3, 0.4) is 0 Å². The Morgan fingerprint density at radius 1 is 1.29 bits per heavy atom. The molecule has 3 heteroatoms. The minimum atomic E-state index is 0.670. The predicted octanol–water partition coefficient (Wildman–Crippen LogP) is 1.32. The number of piperazine rings is 1. The van der Waals surface area contributed by atoms with E-state index in [9.17, 15) is 0 Å². The van der Waals surface area contributed by atoms with Gasteiger partial charge >= 0.3 is 0 Å². The van der Waals surface area contributed by atoms with Crippen LogP contribution in [0.1, 0.15) is 26.7 Å². The van der Waals surface area contributed by atoms with Crippen LogP contribution in [0.2, 0.25) is 0 Å². The zero-order chi connectivity index (χ0) is 10.4. The van der Waals surface area contributed by atoms with Gasteiger partial charge in [0.1, 0.15) is 0 Å². The molecule has 14 heavy (non-hydrogen) atoms. The molecule has 0 bridgehead atoms. The quantitative estimate of drug-likeness (QED) is 0.677. The highest BCUT2D eigenvalue weighted by atomic mass is 15.3. The minimum Gasteiger partial charge on any atom is -0.300 e. The molecule has 0 aromatic heterocycles. The number of nitriles is 1. The third-order valence-corrected chi connectivity index (χ3v) is 3.16. The Balaban J connectivity index is 2.21. The molecule has 1 rings (SSSR count). The molecule has 0 aromatic carbocycles. The van der Waals surface area contributed by atoms with Crippen molar-refractivity contribution in [2.75, 3.05) is 32.7 Å². The minimum absolute atomic E-state index is 0.670. The fraction of sp³-hybridized carbons (Fsp3) is 0.909. The Hall–Kier alpha value is -0.590. The topological polar surface area (TPSA) is 30.3 Å². The molecule has 1 aliphatic heterocycles. The molecule has 1 atom stereocenters. The number of rotatable bonds is 4. The first-order valence-electron chi connectivity index (χ1n) is 5.61. The highest BCUT2D eigenvalue weighted by Crippen LogP contribution is 2.08. The first-order valence-corrected chi connectivity index (χ1v) is 5.61. The van der Waals surface area contributed by atoms with Crippen molar-refractivity contribution in [2.24, 2.45) is 0 Å². The van der Waals surface area contributed by atoms with Crippen LogP contribution in [-0.4, -0.2) is 48.6 Å². The lowest BCUT2D eigenvalue weighted by atomic mass is 10.2. The van der Waals surface area contributed by atoms with Crippen LogP contribution in [-0.2, 0) is 0 Å². The van der Waals surface area contributed by atoms with E-state index in [4.69, 9.17) is 5.26 Å². The molecule has 1 saturated heterocycles. The SMILES string of the molecule is CCC(C)N1CCN(CCC#N)CC1. The molecule has 1 heterocycles. The monoisotopic (exact) mass is 195 g/mol. The van der Waals surface area contributed by atoms with Gasteiger partial charge in [0.05, 0.1) is 6.07 Å². The van der Waals surface area contributed by atoms with Gasteiger partial charge in [0.2, 0.25) is 0 Å². The van der Waals surface area contributed by atoms with Crippen molar-refractivity contribution in [3.8, 4) is 6.07 Å². The highest BCUT2D eigenvalue weighted by molar-refractivity contribution is 4.78. The van der Waals surface area contributed by atoms with Gasteiger partial charge in [-0.05, 0) is 13.3 Å². The molecular formula is C11H21N3. The van der Waals surface area contributed by atoms with Crippen LogP contribution in [0.5, 0.6) is 0 Å². The molecule has 0 spiro atoms. The molecule has 0 radical (unpaired) electrons. The molecule has 0 aromatic rings. The largest absolute Gasteiger partial charge is 0.300 e. The summed E-state index contributed by atoms with van der Waals surface area (Å²) in [7, 11) is 0. The van der Waals surface area contributed by atoms with Crippen LogP contribution in [0.15, 0.2) is 0 Å². The van der Waals surface area contributed by atoms with Crippen LogP contribution < -0.4 is 0 Å².